The van der Waals surface area contributed by atoms with E-state index in [9.17, 15) is 0 Å². The number of hydrogen-bond acceptors (Lipinski definition) is 4. The second-order valence-corrected chi connectivity index (χ2v) is 5.65. The number of thioether (sulfide) groups is 1. The minimum Gasteiger partial charge on any atom is -0.494 e. The highest BCUT2D eigenvalue weighted by atomic mass is 32.2. The van der Waals surface area contributed by atoms with Crippen LogP contribution in [0.2, 0.25) is 0 Å². The van der Waals surface area contributed by atoms with Gasteiger partial charge in [-0.15, -0.1) is 11.8 Å². The smallest absolute Gasteiger partial charge is 0.123 e. The molecule has 1 atom stereocenters. The third kappa shape index (κ3) is 4.05. The minimum absolute atomic E-state index is 0.0412. The number of hydrogen-bond donors (Lipinski definition) is 1. The molecule has 1 aromatic heterocycles. The van der Waals surface area contributed by atoms with E-state index >= 15 is 0 Å². The van der Waals surface area contributed by atoms with Crippen molar-refractivity contribution in [3.05, 3.63) is 53.5 Å². The molecule has 0 saturated heterocycles. The summed E-state index contributed by atoms with van der Waals surface area (Å²) in [5, 5.41) is 0. The first kappa shape index (κ1) is 15.0. The van der Waals surface area contributed by atoms with Crippen molar-refractivity contribution < 1.29 is 9.15 Å². The topological polar surface area (TPSA) is 48.4 Å². The lowest BCUT2D eigenvalue weighted by molar-refractivity contribution is 0.337. The number of rotatable bonds is 7. The maximum absolute atomic E-state index is 5.95. The van der Waals surface area contributed by atoms with Crippen LogP contribution >= 0.6 is 11.8 Å². The Morgan fingerprint density at radius 3 is 2.80 bits per heavy atom. The van der Waals surface area contributed by atoms with E-state index < -0.39 is 0 Å². The summed E-state index contributed by atoms with van der Waals surface area (Å²) in [4.78, 5) is 0. The second-order valence-electron chi connectivity index (χ2n) is 4.66. The number of benzene rings is 1. The zero-order chi connectivity index (χ0) is 14.4. The van der Waals surface area contributed by atoms with Gasteiger partial charge in [0.1, 0.15) is 11.5 Å². The predicted octanol–water partition coefficient (Wildman–Crippen LogP) is 4.13. The van der Waals surface area contributed by atoms with Gasteiger partial charge in [0.2, 0.25) is 0 Å². The summed E-state index contributed by atoms with van der Waals surface area (Å²) in [6, 6.07) is 10.2. The Labute approximate surface area is 124 Å². The van der Waals surface area contributed by atoms with Gasteiger partial charge in [-0.3, -0.25) is 0 Å². The molecule has 0 radical (unpaired) electrons. The van der Waals surface area contributed by atoms with Gasteiger partial charge in [0.15, 0.2) is 0 Å². The number of furan rings is 1. The van der Waals surface area contributed by atoms with Gasteiger partial charge in [-0.1, -0.05) is 6.07 Å². The van der Waals surface area contributed by atoms with Crippen molar-refractivity contribution in [1.82, 2.24) is 0 Å². The van der Waals surface area contributed by atoms with Crippen molar-refractivity contribution in [2.45, 2.75) is 31.4 Å². The van der Waals surface area contributed by atoms with E-state index in [0.29, 0.717) is 6.61 Å². The highest BCUT2D eigenvalue weighted by Crippen LogP contribution is 2.28. The fourth-order valence-corrected chi connectivity index (χ4v) is 2.86. The lowest BCUT2D eigenvalue weighted by atomic mass is 10.1. The van der Waals surface area contributed by atoms with E-state index in [1.54, 1.807) is 6.26 Å². The lowest BCUT2D eigenvalue weighted by Crippen LogP contribution is -2.06. The van der Waals surface area contributed by atoms with Crippen LogP contribution in [-0.4, -0.2) is 6.61 Å². The molecule has 0 saturated carbocycles. The maximum atomic E-state index is 5.95. The fourth-order valence-electron chi connectivity index (χ4n) is 1.95. The van der Waals surface area contributed by atoms with Crippen LogP contribution in [0.5, 0.6) is 5.75 Å². The Hall–Kier alpha value is -1.39. The number of ether oxygens (including phenoxy) is 1. The third-order valence-electron chi connectivity index (χ3n) is 2.99. The highest BCUT2D eigenvalue weighted by molar-refractivity contribution is 7.97. The van der Waals surface area contributed by atoms with Crippen molar-refractivity contribution in [3.63, 3.8) is 0 Å². The number of nitrogens with two attached hydrogens (primary N) is 1. The summed E-state index contributed by atoms with van der Waals surface area (Å²) in [5.74, 6) is 3.69. The molecular weight excluding hydrogens is 270 g/mol. The first-order chi connectivity index (χ1) is 9.70. The maximum Gasteiger partial charge on any atom is 0.123 e. The molecule has 1 heterocycles. The Kier molecular flexibility index (Phi) is 5.56. The summed E-state index contributed by atoms with van der Waals surface area (Å²) in [5.41, 5.74) is 8.28. The third-order valence-corrected chi connectivity index (χ3v) is 4.00. The van der Waals surface area contributed by atoms with Crippen molar-refractivity contribution in [2.75, 3.05) is 6.61 Å². The van der Waals surface area contributed by atoms with Crippen molar-refractivity contribution in [2.24, 2.45) is 5.73 Å². The summed E-state index contributed by atoms with van der Waals surface area (Å²) in [6.07, 6.45) is 1.71. The molecule has 0 spiro atoms. The lowest BCUT2D eigenvalue weighted by Gasteiger charge is -2.13. The van der Waals surface area contributed by atoms with Crippen LogP contribution in [0.15, 0.2) is 41.0 Å². The van der Waals surface area contributed by atoms with Gasteiger partial charge in [0, 0.05) is 17.4 Å². The Morgan fingerprint density at radius 1 is 1.30 bits per heavy atom. The minimum atomic E-state index is 0.0412. The molecule has 0 fully saturated rings. The highest BCUT2D eigenvalue weighted by Gasteiger charge is 2.08. The Balaban J connectivity index is 2.04. The van der Waals surface area contributed by atoms with E-state index in [1.807, 2.05) is 49.9 Å². The van der Waals surface area contributed by atoms with Gasteiger partial charge < -0.3 is 14.9 Å². The van der Waals surface area contributed by atoms with Crippen molar-refractivity contribution in [3.8, 4) is 5.75 Å². The van der Waals surface area contributed by atoms with Crippen molar-refractivity contribution in [1.29, 1.82) is 0 Å². The standard InChI is InChI=1S/C16H21NO2S/c1-3-18-16-7-6-13(12(2)17)9-14(16)10-20-11-15-5-4-8-19-15/h4-9,12H,3,10-11,17H2,1-2H3. The molecule has 1 aromatic carbocycles. The predicted molar refractivity (Wildman–Crippen MR) is 83.9 cm³/mol. The monoisotopic (exact) mass is 291 g/mol. The van der Waals surface area contributed by atoms with E-state index in [2.05, 4.69) is 6.07 Å². The van der Waals surface area contributed by atoms with Gasteiger partial charge in [-0.2, -0.15) is 0 Å². The van der Waals surface area contributed by atoms with Crippen LogP contribution in [0.1, 0.15) is 36.8 Å². The summed E-state index contributed by atoms with van der Waals surface area (Å²) < 4.78 is 11.0. The van der Waals surface area contributed by atoms with Gasteiger partial charge in [0.25, 0.3) is 0 Å². The summed E-state index contributed by atoms with van der Waals surface area (Å²) in [6.45, 7) is 4.67. The molecule has 0 amide bonds. The van der Waals surface area contributed by atoms with Crippen LogP contribution in [0.4, 0.5) is 0 Å². The molecule has 3 nitrogen and oxygen atoms in total. The first-order valence-corrected chi connectivity index (χ1v) is 7.97. The molecule has 2 rings (SSSR count). The quantitative estimate of drug-likeness (QED) is 0.833. The normalized spacial score (nSPS) is 12.3. The molecule has 0 aliphatic rings. The zero-order valence-electron chi connectivity index (χ0n) is 12.0. The van der Waals surface area contributed by atoms with E-state index in [1.165, 1.54) is 5.56 Å². The van der Waals surface area contributed by atoms with E-state index in [-0.39, 0.29) is 6.04 Å². The molecular formula is C16H21NO2S. The van der Waals surface area contributed by atoms with Gasteiger partial charge in [-0.05, 0) is 43.7 Å². The summed E-state index contributed by atoms with van der Waals surface area (Å²) >= 11 is 1.81. The average Bonchev–Trinajstić information content (AvgIpc) is 2.93. The van der Waals surface area contributed by atoms with Crippen LogP contribution in [0.25, 0.3) is 0 Å². The van der Waals surface area contributed by atoms with E-state index in [0.717, 1.165) is 28.6 Å². The molecule has 2 aromatic rings. The molecule has 20 heavy (non-hydrogen) atoms. The molecule has 1 unspecified atom stereocenters. The average molecular weight is 291 g/mol. The zero-order valence-corrected chi connectivity index (χ0v) is 12.8. The second kappa shape index (κ2) is 7.41. The van der Waals surface area contributed by atoms with Crippen LogP contribution in [-0.2, 0) is 11.5 Å². The van der Waals surface area contributed by atoms with Crippen LogP contribution in [0, 0.1) is 0 Å². The fraction of sp³-hybridized carbons (Fsp3) is 0.375. The van der Waals surface area contributed by atoms with Gasteiger partial charge >= 0.3 is 0 Å². The molecule has 0 aliphatic carbocycles. The van der Waals surface area contributed by atoms with Crippen molar-refractivity contribution >= 4 is 11.8 Å². The van der Waals surface area contributed by atoms with Crippen LogP contribution in [0.3, 0.4) is 0 Å². The Morgan fingerprint density at radius 2 is 2.15 bits per heavy atom. The molecule has 0 aliphatic heterocycles. The molecule has 0 bridgehead atoms. The largest absolute Gasteiger partial charge is 0.494 e. The summed E-state index contributed by atoms with van der Waals surface area (Å²) in [7, 11) is 0. The molecule has 108 valence electrons. The van der Waals surface area contributed by atoms with E-state index in [4.69, 9.17) is 14.9 Å². The Bertz CT molecular complexity index is 523. The SMILES string of the molecule is CCOc1ccc(C(C)N)cc1CSCc1ccco1. The van der Waals surface area contributed by atoms with Gasteiger partial charge in [-0.25, -0.2) is 0 Å². The first-order valence-electron chi connectivity index (χ1n) is 6.82. The van der Waals surface area contributed by atoms with Crippen LogP contribution < -0.4 is 10.5 Å². The van der Waals surface area contributed by atoms with Gasteiger partial charge in [0.05, 0.1) is 18.6 Å². The molecule has 2 N–H and O–H groups in total. The molecule has 4 heteroatoms.